The standard InChI is InChI=1S/C15H19NO2S/c1-17-13-6-4-11(9-14(13)18-2)3-5-12-7-8-19-15(12)10-16/h4,6-9H,3,5,10,16H2,1-2H3. The molecule has 1 aromatic carbocycles. The van der Waals surface area contributed by atoms with Crippen LogP contribution in [-0.4, -0.2) is 14.2 Å². The fourth-order valence-electron chi connectivity index (χ4n) is 2.08. The molecule has 3 nitrogen and oxygen atoms in total. The number of benzene rings is 1. The lowest BCUT2D eigenvalue weighted by Gasteiger charge is -2.09. The van der Waals surface area contributed by atoms with Crippen LogP contribution in [-0.2, 0) is 19.4 Å². The second-order valence-electron chi connectivity index (χ2n) is 4.26. The van der Waals surface area contributed by atoms with Crippen LogP contribution in [0.2, 0.25) is 0 Å². The van der Waals surface area contributed by atoms with Crippen molar-refractivity contribution in [2.45, 2.75) is 19.4 Å². The van der Waals surface area contributed by atoms with E-state index in [2.05, 4.69) is 17.5 Å². The number of aryl methyl sites for hydroxylation is 2. The van der Waals surface area contributed by atoms with Crippen molar-refractivity contribution in [3.63, 3.8) is 0 Å². The Labute approximate surface area is 118 Å². The Hall–Kier alpha value is -1.52. The van der Waals surface area contributed by atoms with Gasteiger partial charge in [-0.2, -0.15) is 0 Å². The molecule has 2 aromatic rings. The first kappa shape index (κ1) is 13.9. The van der Waals surface area contributed by atoms with E-state index in [-0.39, 0.29) is 0 Å². The summed E-state index contributed by atoms with van der Waals surface area (Å²) in [6.07, 6.45) is 1.98. The van der Waals surface area contributed by atoms with Crippen molar-refractivity contribution >= 4 is 11.3 Å². The van der Waals surface area contributed by atoms with Crippen molar-refractivity contribution in [1.82, 2.24) is 0 Å². The fourth-order valence-corrected chi connectivity index (χ4v) is 2.90. The average Bonchev–Trinajstić information content (AvgIpc) is 2.92. The summed E-state index contributed by atoms with van der Waals surface area (Å²) in [5.41, 5.74) is 8.31. The number of methoxy groups -OCH3 is 2. The summed E-state index contributed by atoms with van der Waals surface area (Å²) in [5.74, 6) is 1.55. The van der Waals surface area contributed by atoms with Gasteiger partial charge in [0.1, 0.15) is 0 Å². The Morgan fingerprint density at radius 3 is 2.53 bits per heavy atom. The van der Waals surface area contributed by atoms with E-state index in [4.69, 9.17) is 15.2 Å². The highest BCUT2D eigenvalue weighted by atomic mass is 32.1. The molecule has 19 heavy (non-hydrogen) atoms. The summed E-state index contributed by atoms with van der Waals surface area (Å²) in [4.78, 5) is 1.28. The molecular weight excluding hydrogens is 258 g/mol. The SMILES string of the molecule is COc1ccc(CCc2ccsc2CN)cc1OC. The fraction of sp³-hybridized carbons (Fsp3) is 0.333. The highest BCUT2D eigenvalue weighted by Gasteiger charge is 2.06. The third-order valence-electron chi connectivity index (χ3n) is 3.15. The number of thiophene rings is 1. The molecule has 1 heterocycles. The molecule has 1 aromatic heterocycles. The molecule has 0 spiro atoms. The van der Waals surface area contributed by atoms with Crippen molar-refractivity contribution in [2.24, 2.45) is 5.73 Å². The Morgan fingerprint density at radius 2 is 1.84 bits per heavy atom. The van der Waals surface area contributed by atoms with Gasteiger partial charge in [-0.25, -0.2) is 0 Å². The number of nitrogens with two attached hydrogens (primary N) is 1. The molecule has 102 valence electrons. The minimum absolute atomic E-state index is 0.624. The number of ether oxygens (including phenoxy) is 2. The Balaban J connectivity index is 2.07. The zero-order chi connectivity index (χ0) is 13.7. The van der Waals surface area contributed by atoms with Crippen molar-refractivity contribution in [2.75, 3.05) is 14.2 Å². The van der Waals surface area contributed by atoms with Crippen LogP contribution < -0.4 is 15.2 Å². The second kappa shape index (κ2) is 6.59. The van der Waals surface area contributed by atoms with Crippen LogP contribution in [0, 0.1) is 0 Å². The summed E-state index contributed by atoms with van der Waals surface area (Å²) >= 11 is 1.73. The van der Waals surface area contributed by atoms with E-state index in [1.54, 1.807) is 25.6 Å². The lowest BCUT2D eigenvalue weighted by molar-refractivity contribution is 0.354. The van der Waals surface area contributed by atoms with Gasteiger partial charge in [0.25, 0.3) is 0 Å². The monoisotopic (exact) mass is 277 g/mol. The maximum absolute atomic E-state index is 5.72. The van der Waals surface area contributed by atoms with E-state index in [0.717, 1.165) is 24.3 Å². The number of hydrogen-bond donors (Lipinski definition) is 1. The minimum atomic E-state index is 0.624. The van der Waals surface area contributed by atoms with Gasteiger partial charge in [-0.15, -0.1) is 11.3 Å². The third kappa shape index (κ3) is 3.28. The molecule has 0 unspecified atom stereocenters. The van der Waals surface area contributed by atoms with E-state index in [1.807, 2.05) is 12.1 Å². The summed E-state index contributed by atoms with van der Waals surface area (Å²) in [5, 5.41) is 2.10. The van der Waals surface area contributed by atoms with Gasteiger partial charge in [0.15, 0.2) is 11.5 Å². The van der Waals surface area contributed by atoms with Gasteiger partial charge >= 0.3 is 0 Å². The molecule has 0 atom stereocenters. The van der Waals surface area contributed by atoms with Crippen LogP contribution >= 0.6 is 11.3 Å². The highest BCUT2D eigenvalue weighted by molar-refractivity contribution is 7.10. The smallest absolute Gasteiger partial charge is 0.160 e. The largest absolute Gasteiger partial charge is 0.493 e. The van der Waals surface area contributed by atoms with Crippen LogP contribution in [0.25, 0.3) is 0 Å². The van der Waals surface area contributed by atoms with Crippen molar-refractivity contribution in [3.8, 4) is 11.5 Å². The summed E-state index contributed by atoms with van der Waals surface area (Å²) in [6, 6.07) is 8.22. The van der Waals surface area contributed by atoms with E-state index in [9.17, 15) is 0 Å². The van der Waals surface area contributed by atoms with Gasteiger partial charge < -0.3 is 15.2 Å². The van der Waals surface area contributed by atoms with Crippen molar-refractivity contribution in [1.29, 1.82) is 0 Å². The topological polar surface area (TPSA) is 44.5 Å². The van der Waals surface area contributed by atoms with Crippen LogP contribution in [0.5, 0.6) is 11.5 Å². The van der Waals surface area contributed by atoms with Crippen LogP contribution in [0.15, 0.2) is 29.6 Å². The number of rotatable bonds is 6. The first-order chi connectivity index (χ1) is 9.28. The molecule has 0 amide bonds. The molecule has 0 saturated carbocycles. The van der Waals surface area contributed by atoms with E-state index < -0.39 is 0 Å². The van der Waals surface area contributed by atoms with Crippen molar-refractivity contribution < 1.29 is 9.47 Å². The Kier molecular flexibility index (Phi) is 4.82. The Morgan fingerprint density at radius 1 is 1.05 bits per heavy atom. The highest BCUT2D eigenvalue weighted by Crippen LogP contribution is 2.28. The lowest BCUT2D eigenvalue weighted by Crippen LogP contribution is -1.99. The molecule has 0 aliphatic carbocycles. The average molecular weight is 277 g/mol. The predicted octanol–water partition coefficient (Wildman–Crippen LogP) is 3.01. The second-order valence-corrected chi connectivity index (χ2v) is 5.26. The van der Waals surface area contributed by atoms with Crippen LogP contribution in [0.3, 0.4) is 0 Å². The first-order valence-electron chi connectivity index (χ1n) is 6.24. The maximum Gasteiger partial charge on any atom is 0.160 e. The molecule has 2 rings (SSSR count). The van der Waals surface area contributed by atoms with Gasteiger partial charge in [0, 0.05) is 11.4 Å². The summed E-state index contributed by atoms with van der Waals surface area (Å²) in [6.45, 7) is 0.624. The van der Waals surface area contributed by atoms with Gasteiger partial charge in [-0.3, -0.25) is 0 Å². The van der Waals surface area contributed by atoms with Crippen LogP contribution in [0.4, 0.5) is 0 Å². The molecule has 0 aliphatic heterocycles. The van der Waals surface area contributed by atoms with Crippen LogP contribution in [0.1, 0.15) is 16.0 Å². The molecule has 0 radical (unpaired) electrons. The molecule has 2 N–H and O–H groups in total. The van der Waals surface area contributed by atoms with E-state index in [0.29, 0.717) is 6.54 Å². The molecule has 0 saturated heterocycles. The zero-order valence-corrected chi connectivity index (χ0v) is 12.1. The van der Waals surface area contributed by atoms with E-state index in [1.165, 1.54) is 16.0 Å². The maximum atomic E-state index is 5.72. The third-order valence-corrected chi connectivity index (χ3v) is 4.14. The van der Waals surface area contributed by atoms with Gasteiger partial charge in [0.05, 0.1) is 14.2 Å². The minimum Gasteiger partial charge on any atom is -0.493 e. The first-order valence-corrected chi connectivity index (χ1v) is 7.12. The van der Waals surface area contributed by atoms with Gasteiger partial charge in [-0.1, -0.05) is 6.07 Å². The summed E-state index contributed by atoms with van der Waals surface area (Å²) < 4.78 is 10.6. The summed E-state index contributed by atoms with van der Waals surface area (Å²) in [7, 11) is 3.31. The van der Waals surface area contributed by atoms with E-state index >= 15 is 0 Å². The molecule has 0 bridgehead atoms. The van der Waals surface area contributed by atoms with Gasteiger partial charge in [-0.05, 0) is 47.5 Å². The normalized spacial score (nSPS) is 10.5. The molecular formula is C15H19NO2S. The lowest BCUT2D eigenvalue weighted by atomic mass is 10.0. The Bertz CT molecular complexity index is 537. The quantitative estimate of drug-likeness (QED) is 0.882. The molecule has 0 aliphatic rings. The number of hydrogen-bond acceptors (Lipinski definition) is 4. The predicted molar refractivity (Wildman–Crippen MR) is 79.2 cm³/mol. The van der Waals surface area contributed by atoms with Crippen molar-refractivity contribution in [3.05, 3.63) is 45.6 Å². The van der Waals surface area contributed by atoms with Gasteiger partial charge in [0.2, 0.25) is 0 Å². The molecule has 4 heteroatoms. The zero-order valence-electron chi connectivity index (χ0n) is 11.3. The molecule has 0 fully saturated rings.